The van der Waals surface area contributed by atoms with Crippen LogP contribution in [0, 0.1) is 12.7 Å². The summed E-state index contributed by atoms with van der Waals surface area (Å²) in [6, 6.07) is 19.2. The number of hydrogen-bond donors (Lipinski definition) is 1. The minimum atomic E-state index is -3.77. The van der Waals surface area contributed by atoms with Crippen molar-refractivity contribution in [3.63, 3.8) is 0 Å². The monoisotopic (exact) mass is 442 g/mol. The number of nitrogens with zero attached hydrogens (tertiary/aromatic N) is 1. The second kappa shape index (κ2) is 9.72. The Morgan fingerprint density at radius 1 is 1.03 bits per heavy atom. The maximum Gasteiger partial charge on any atom is 0.243 e. The van der Waals surface area contributed by atoms with Gasteiger partial charge in [-0.25, -0.2) is 12.8 Å². The van der Waals surface area contributed by atoms with Crippen molar-refractivity contribution in [2.75, 3.05) is 18.9 Å². The van der Waals surface area contributed by atoms with Crippen LogP contribution >= 0.6 is 0 Å². The molecule has 0 heterocycles. The van der Waals surface area contributed by atoms with Gasteiger partial charge in [0.1, 0.15) is 18.2 Å². The predicted molar refractivity (Wildman–Crippen MR) is 117 cm³/mol. The van der Waals surface area contributed by atoms with E-state index in [2.05, 4.69) is 5.32 Å². The van der Waals surface area contributed by atoms with Crippen LogP contribution in [0.1, 0.15) is 11.1 Å². The molecule has 0 aliphatic heterocycles. The van der Waals surface area contributed by atoms with Crippen LogP contribution < -0.4 is 10.1 Å². The van der Waals surface area contributed by atoms with Gasteiger partial charge in [0, 0.05) is 18.8 Å². The first-order valence-corrected chi connectivity index (χ1v) is 11.0. The molecule has 0 fully saturated rings. The zero-order valence-electron chi connectivity index (χ0n) is 17.2. The molecule has 0 unspecified atom stereocenters. The third-order valence-corrected chi connectivity index (χ3v) is 6.33. The molecule has 0 spiro atoms. The maximum atomic E-state index is 13.2. The fourth-order valence-corrected chi connectivity index (χ4v) is 3.97. The van der Waals surface area contributed by atoms with E-state index in [1.807, 2.05) is 13.0 Å². The lowest BCUT2D eigenvalue weighted by atomic mass is 10.2. The highest BCUT2D eigenvalue weighted by molar-refractivity contribution is 7.89. The molecule has 0 aliphatic carbocycles. The first-order valence-electron chi connectivity index (χ1n) is 9.54. The SMILES string of the molecule is Cc1ccc(S(=O)(=O)N(C)CC(=O)Nc2cccc(COc3cccc(F)c3)c2)cc1. The number of rotatable bonds is 8. The Kier molecular flexibility index (Phi) is 7.04. The van der Waals surface area contributed by atoms with Gasteiger partial charge in [-0.15, -0.1) is 0 Å². The number of ether oxygens (including phenoxy) is 1. The third-order valence-electron chi connectivity index (χ3n) is 4.51. The molecule has 0 saturated heterocycles. The van der Waals surface area contributed by atoms with Crippen molar-refractivity contribution in [1.82, 2.24) is 4.31 Å². The first kappa shape index (κ1) is 22.5. The summed E-state index contributed by atoms with van der Waals surface area (Å²) in [4.78, 5) is 12.5. The highest BCUT2D eigenvalue weighted by atomic mass is 32.2. The normalized spacial score (nSPS) is 11.4. The molecular formula is C23H23FN2O4S. The van der Waals surface area contributed by atoms with Crippen LogP contribution in [0.4, 0.5) is 10.1 Å². The van der Waals surface area contributed by atoms with Crippen LogP contribution in [0.2, 0.25) is 0 Å². The second-order valence-electron chi connectivity index (χ2n) is 7.07. The van der Waals surface area contributed by atoms with Crippen molar-refractivity contribution in [1.29, 1.82) is 0 Å². The molecule has 1 N–H and O–H groups in total. The lowest BCUT2D eigenvalue weighted by molar-refractivity contribution is -0.116. The molecule has 0 aromatic heterocycles. The molecule has 1 amide bonds. The van der Waals surface area contributed by atoms with Crippen LogP contribution in [-0.2, 0) is 21.4 Å². The van der Waals surface area contributed by atoms with Crippen molar-refractivity contribution >= 4 is 21.6 Å². The second-order valence-corrected chi connectivity index (χ2v) is 9.11. The number of carbonyl (C=O) groups excluding carboxylic acids is 1. The Balaban J connectivity index is 1.60. The lowest BCUT2D eigenvalue weighted by Crippen LogP contribution is -2.35. The zero-order chi connectivity index (χ0) is 22.4. The summed E-state index contributed by atoms with van der Waals surface area (Å²) < 4.78 is 45.1. The van der Waals surface area contributed by atoms with E-state index >= 15 is 0 Å². The largest absolute Gasteiger partial charge is 0.489 e. The minimum absolute atomic E-state index is 0.130. The molecule has 3 rings (SSSR count). The molecule has 0 atom stereocenters. The maximum absolute atomic E-state index is 13.2. The van der Waals surface area contributed by atoms with E-state index < -0.39 is 15.9 Å². The Labute approximate surface area is 181 Å². The van der Waals surface area contributed by atoms with Gasteiger partial charge in [-0.2, -0.15) is 4.31 Å². The van der Waals surface area contributed by atoms with Crippen molar-refractivity contribution in [3.05, 3.63) is 89.7 Å². The van der Waals surface area contributed by atoms with Gasteiger partial charge in [0.15, 0.2) is 0 Å². The van der Waals surface area contributed by atoms with Gasteiger partial charge in [0.25, 0.3) is 0 Å². The molecular weight excluding hydrogens is 419 g/mol. The number of nitrogens with one attached hydrogen (secondary N) is 1. The van der Waals surface area contributed by atoms with Gasteiger partial charge in [-0.3, -0.25) is 4.79 Å². The van der Waals surface area contributed by atoms with Gasteiger partial charge in [0.05, 0.1) is 11.4 Å². The van der Waals surface area contributed by atoms with E-state index in [9.17, 15) is 17.6 Å². The summed E-state index contributed by atoms with van der Waals surface area (Å²) in [7, 11) is -2.41. The van der Waals surface area contributed by atoms with Gasteiger partial charge in [-0.1, -0.05) is 35.9 Å². The van der Waals surface area contributed by atoms with Crippen LogP contribution in [0.5, 0.6) is 5.75 Å². The molecule has 0 aliphatic rings. The van der Waals surface area contributed by atoms with E-state index in [1.165, 1.54) is 31.3 Å². The third kappa shape index (κ3) is 6.13. The number of aryl methyl sites for hydroxylation is 1. The van der Waals surface area contributed by atoms with E-state index in [-0.39, 0.29) is 23.9 Å². The van der Waals surface area contributed by atoms with Crippen LogP contribution in [-0.4, -0.2) is 32.2 Å². The number of halogens is 1. The van der Waals surface area contributed by atoms with Gasteiger partial charge in [0.2, 0.25) is 15.9 Å². The minimum Gasteiger partial charge on any atom is -0.489 e. The average molecular weight is 443 g/mol. The highest BCUT2D eigenvalue weighted by Crippen LogP contribution is 2.18. The summed E-state index contributed by atoms with van der Waals surface area (Å²) in [5, 5.41) is 2.69. The first-order chi connectivity index (χ1) is 14.7. The van der Waals surface area contributed by atoms with Gasteiger partial charge < -0.3 is 10.1 Å². The van der Waals surface area contributed by atoms with E-state index in [0.29, 0.717) is 11.4 Å². The Hall–Kier alpha value is -3.23. The quantitative estimate of drug-likeness (QED) is 0.573. The van der Waals surface area contributed by atoms with Crippen LogP contribution in [0.15, 0.2) is 77.7 Å². The van der Waals surface area contributed by atoms with E-state index in [4.69, 9.17) is 4.74 Å². The molecule has 3 aromatic carbocycles. The zero-order valence-corrected chi connectivity index (χ0v) is 18.0. The molecule has 0 saturated carbocycles. The fraction of sp³-hybridized carbons (Fsp3) is 0.174. The van der Waals surface area contributed by atoms with Crippen molar-refractivity contribution in [3.8, 4) is 5.75 Å². The van der Waals surface area contributed by atoms with Gasteiger partial charge in [-0.05, 0) is 48.9 Å². The summed E-state index contributed by atoms with van der Waals surface area (Å²) in [5.41, 5.74) is 2.22. The van der Waals surface area contributed by atoms with Gasteiger partial charge >= 0.3 is 0 Å². The molecule has 0 bridgehead atoms. The molecule has 162 valence electrons. The number of likely N-dealkylation sites (N-methyl/N-ethyl adjacent to an activating group) is 1. The summed E-state index contributed by atoms with van der Waals surface area (Å²) >= 11 is 0. The lowest BCUT2D eigenvalue weighted by Gasteiger charge is -2.17. The standard InChI is InChI=1S/C23H23FN2O4S/c1-17-9-11-22(12-10-17)31(28,29)26(2)15-23(27)25-20-7-3-5-18(13-20)16-30-21-8-4-6-19(24)14-21/h3-14H,15-16H2,1-2H3,(H,25,27). The number of carbonyl (C=O) groups is 1. The topological polar surface area (TPSA) is 75.7 Å². The van der Waals surface area contributed by atoms with Crippen molar-refractivity contribution < 1.29 is 22.3 Å². The predicted octanol–water partition coefficient (Wildman–Crippen LogP) is 3.97. The molecule has 6 nitrogen and oxygen atoms in total. The van der Waals surface area contributed by atoms with E-state index in [1.54, 1.807) is 42.5 Å². The van der Waals surface area contributed by atoms with Crippen molar-refractivity contribution in [2.45, 2.75) is 18.4 Å². The van der Waals surface area contributed by atoms with Crippen LogP contribution in [0.3, 0.4) is 0 Å². The number of sulfonamides is 1. The van der Waals surface area contributed by atoms with Crippen molar-refractivity contribution in [2.24, 2.45) is 0 Å². The highest BCUT2D eigenvalue weighted by Gasteiger charge is 2.22. The molecule has 3 aromatic rings. The fourth-order valence-electron chi connectivity index (χ4n) is 2.84. The summed E-state index contributed by atoms with van der Waals surface area (Å²) in [6.07, 6.45) is 0. The summed E-state index contributed by atoms with van der Waals surface area (Å²) in [5.74, 6) is -0.456. The Morgan fingerprint density at radius 2 is 1.74 bits per heavy atom. The molecule has 0 radical (unpaired) electrons. The number of hydrogen-bond acceptors (Lipinski definition) is 4. The van der Waals surface area contributed by atoms with E-state index in [0.717, 1.165) is 15.4 Å². The van der Waals surface area contributed by atoms with Crippen LogP contribution in [0.25, 0.3) is 0 Å². The molecule has 8 heteroatoms. The number of anilines is 1. The Bertz CT molecular complexity index is 1160. The number of amides is 1. The molecule has 31 heavy (non-hydrogen) atoms. The number of benzene rings is 3. The summed E-state index contributed by atoms with van der Waals surface area (Å²) in [6.45, 7) is 1.72. The average Bonchev–Trinajstić information content (AvgIpc) is 2.73. The Morgan fingerprint density at radius 3 is 2.45 bits per heavy atom. The smallest absolute Gasteiger partial charge is 0.243 e.